The van der Waals surface area contributed by atoms with E-state index in [-0.39, 0.29) is 0 Å². The molecular formula is C16H29N. The molecule has 0 amide bonds. The lowest BCUT2D eigenvalue weighted by molar-refractivity contribution is -0.655. The summed E-state index contributed by atoms with van der Waals surface area (Å²) in [6.07, 6.45) is 6.77. The Morgan fingerprint density at radius 2 is 2.12 bits per heavy atom. The maximum absolute atomic E-state index is 4.39. The second kappa shape index (κ2) is 4.76. The van der Waals surface area contributed by atoms with Crippen LogP contribution in [0.25, 0.3) is 0 Å². The molecule has 2 fully saturated rings. The van der Waals surface area contributed by atoms with E-state index < -0.39 is 0 Å². The molecule has 1 nitrogen and oxygen atoms in total. The Balaban J connectivity index is 2.28. The van der Waals surface area contributed by atoms with Crippen molar-refractivity contribution in [1.29, 1.82) is 0 Å². The minimum Gasteiger partial charge on any atom is -0.476 e. The molecule has 2 aliphatic carbocycles. The minimum absolute atomic E-state index is 0.513. The van der Waals surface area contributed by atoms with Crippen LogP contribution in [0.1, 0.15) is 52.9 Å². The van der Waals surface area contributed by atoms with E-state index >= 15 is 0 Å². The van der Waals surface area contributed by atoms with Crippen LogP contribution in [0.5, 0.6) is 0 Å². The first-order valence-corrected chi connectivity index (χ1v) is 7.30. The SMILES string of the molecule is C=C1CCC[C@@]2(C)CC[C@@H](C(C)C)[C@H]([NH2+][CH2-])[C@@H]12. The van der Waals surface area contributed by atoms with Crippen molar-refractivity contribution in [3.63, 3.8) is 0 Å². The molecule has 0 spiro atoms. The second-order valence-corrected chi connectivity index (χ2v) is 6.90. The Morgan fingerprint density at radius 3 is 2.71 bits per heavy atom. The summed E-state index contributed by atoms with van der Waals surface area (Å²) in [6, 6.07) is 0.668. The average Bonchev–Trinajstić information content (AvgIpc) is 2.26. The van der Waals surface area contributed by atoms with Crippen molar-refractivity contribution >= 4 is 0 Å². The van der Waals surface area contributed by atoms with E-state index in [1.54, 1.807) is 0 Å². The molecule has 0 aromatic heterocycles. The topological polar surface area (TPSA) is 16.6 Å². The van der Waals surface area contributed by atoms with Crippen LogP contribution in [0.4, 0.5) is 0 Å². The normalized spacial score (nSPS) is 42.6. The van der Waals surface area contributed by atoms with Crippen molar-refractivity contribution in [3.8, 4) is 0 Å². The summed E-state index contributed by atoms with van der Waals surface area (Å²) in [5.74, 6) is 2.30. The van der Waals surface area contributed by atoms with Crippen LogP contribution in [0.3, 0.4) is 0 Å². The van der Waals surface area contributed by atoms with Gasteiger partial charge in [-0.15, -0.1) is 0 Å². The van der Waals surface area contributed by atoms with Gasteiger partial charge in [0.25, 0.3) is 0 Å². The molecule has 98 valence electrons. The highest BCUT2D eigenvalue weighted by Gasteiger charge is 2.50. The number of nitrogens with two attached hydrogens (primary N) is 1. The van der Waals surface area contributed by atoms with Crippen molar-refractivity contribution in [1.82, 2.24) is 0 Å². The van der Waals surface area contributed by atoms with Gasteiger partial charge < -0.3 is 5.32 Å². The van der Waals surface area contributed by atoms with Gasteiger partial charge in [0.05, 0.1) is 6.04 Å². The Bertz CT molecular complexity index is 294. The Kier molecular flexibility index (Phi) is 3.68. The minimum atomic E-state index is 0.513. The predicted octanol–water partition coefficient (Wildman–Crippen LogP) is 3.14. The van der Waals surface area contributed by atoms with Gasteiger partial charge in [0.1, 0.15) is 0 Å². The maximum atomic E-state index is 4.39. The van der Waals surface area contributed by atoms with Gasteiger partial charge in [-0.2, -0.15) is 7.05 Å². The predicted molar refractivity (Wildman–Crippen MR) is 73.2 cm³/mol. The summed E-state index contributed by atoms with van der Waals surface area (Å²) in [4.78, 5) is 0. The number of hydrogen-bond donors (Lipinski definition) is 1. The molecule has 0 radical (unpaired) electrons. The zero-order chi connectivity index (χ0) is 12.6. The summed E-state index contributed by atoms with van der Waals surface area (Å²) in [5, 5.41) is 2.24. The van der Waals surface area contributed by atoms with Crippen molar-refractivity contribution in [3.05, 3.63) is 19.2 Å². The quantitative estimate of drug-likeness (QED) is 0.559. The molecule has 17 heavy (non-hydrogen) atoms. The fraction of sp³-hybridized carbons (Fsp3) is 0.812. The maximum Gasteiger partial charge on any atom is 0.0722 e. The zero-order valence-electron chi connectivity index (χ0n) is 11.8. The Morgan fingerprint density at radius 1 is 1.41 bits per heavy atom. The van der Waals surface area contributed by atoms with E-state index in [1.165, 1.54) is 37.7 Å². The van der Waals surface area contributed by atoms with Gasteiger partial charge in [-0.05, 0) is 43.4 Å². The number of hydrogen-bond acceptors (Lipinski definition) is 0. The summed E-state index contributed by atoms with van der Waals surface area (Å²) in [7, 11) is 4.13. The van der Waals surface area contributed by atoms with Crippen molar-refractivity contribution < 1.29 is 5.32 Å². The van der Waals surface area contributed by atoms with E-state index in [0.29, 0.717) is 17.4 Å². The van der Waals surface area contributed by atoms with Crippen LogP contribution in [0.15, 0.2) is 12.2 Å². The monoisotopic (exact) mass is 235 g/mol. The highest BCUT2D eigenvalue weighted by molar-refractivity contribution is 5.15. The third kappa shape index (κ3) is 2.19. The number of quaternary nitrogens is 1. The molecule has 4 atom stereocenters. The molecule has 0 aliphatic heterocycles. The lowest BCUT2D eigenvalue weighted by Crippen LogP contribution is -2.89. The van der Waals surface area contributed by atoms with Gasteiger partial charge >= 0.3 is 0 Å². The molecule has 0 aromatic carbocycles. The molecule has 0 aromatic rings. The third-order valence-corrected chi connectivity index (χ3v) is 5.49. The van der Waals surface area contributed by atoms with Crippen LogP contribution in [0.2, 0.25) is 0 Å². The first-order chi connectivity index (χ1) is 7.99. The second-order valence-electron chi connectivity index (χ2n) is 6.90. The van der Waals surface area contributed by atoms with Gasteiger partial charge in [0.15, 0.2) is 0 Å². The molecule has 2 saturated carbocycles. The summed E-state index contributed by atoms with van der Waals surface area (Å²) in [5.41, 5.74) is 2.02. The molecular weight excluding hydrogens is 206 g/mol. The van der Waals surface area contributed by atoms with Crippen LogP contribution in [0, 0.1) is 30.2 Å². The molecule has 1 heteroatoms. The smallest absolute Gasteiger partial charge is 0.0722 e. The van der Waals surface area contributed by atoms with E-state index in [1.807, 2.05) is 0 Å². The van der Waals surface area contributed by atoms with E-state index in [4.69, 9.17) is 0 Å². The van der Waals surface area contributed by atoms with Crippen molar-refractivity contribution in [2.24, 2.45) is 23.2 Å². The van der Waals surface area contributed by atoms with Gasteiger partial charge in [-0.3, -0.25) is 0 Å². The number of rotatable bonds is 2. The van der Waals surface area contributed by atoms with Gasteiger partial charge in [0.2, 0.25) is 0 Å². The van der Waals surface area contributed by atoms with Crippen molar-refractivity contribution in [2.75, 3.05) is 0 Å². The van der Waals surface area contributed by atoms with E-state index in [0.717, 1.165) is 11.8 Å². The molecule has 0 bridgehead atoms. The van der Waals surface area contributed by atoms with E-state index in [2.05, 4.69) is 39.7 Å². The summed E-state index contributed by atoms with van der Waals surface area (Å²) < 4.78 is 0. The fourth-order valence-electron chi connectivity index (χ4n) is 4.57. The van der Waals surface area contributed by atoms with Crippen LogP contribution in [-0.4, -0.2) is 6.04 Å². The third-order valence-electron chi connectivity index (χ3n) is 5.49. The Labute approximate surface area is 107 Å². The van der Waals surface area contributed by atoms with Gasteiger partial charge in [-0.25, -0.2) is 0 Å². The first kappa shape index (κ1) is 13.1. The largest absolute Gasteiger partial charge is 0.476 e. The molecule has 0 saturated heterocycles. The summed E-state index contributed by atoms with van der Waals surface area (Å²) >= 11 is 0. The molecule has 2 aliphatic rings. The van der Waals surface area contributed by atoms with E-state index in [9.17, 15) is 0 Å². The molecule has 2 N–H and O–H groups in total. The standard InChI is InChI=1S/C16H29N/c1-11(2)13-8-10-16(4)9-6-7-12(3)14(16)15(13)17-5/h11,13-15H,3,5-10,17H2,1-2,4H3/t13-,14+,15-,16-/m0/s1. The van der Waals surface area contributed by atoms with Gasteiger partial charge in [0, 0.05) is 11.8 Å². The highest BCUT2D eigenvalue weighted by Crippen LogP contribution is 2.53. The molecule has 2 rings (SSSR count). The fourth-order valence-corrected chi connectivity index (χ4v) is 4.57. The van der Waals surface area contributed by atoms with Crippen molar-refractivity contribution in [2.45, 2.75) is 58.9 Å². The lowest BCUT2D eigenvalue weighted by Gasteiger charge is -2.53. The molecule has 0 heterocycles. The molecule has 0 unspecified atom stereocenters. The first-order valence-electron chi connectivity index (χ1n) is 7.30. The van der Waals surface area contributed by atoms with Gasteiger partial charge in [-0.1, -0.05) is 32.9 Å². The summed E-state index contributed by atoms with van der Waals surface area (Å²) in [6.45, 7) is 11.6. The Hall–Kier alpha value is -0.300. The van der Waals surface area contributed by atoms with Crippen LogP contribution < -0.4 is 5.32 Å². The zero-order valence-corrected chi connectivity index (χ0v) is 11.8. The van der Waals surface area contributed by atoms with Crippen LogP contribution >= 0.6 is 0 Å². The number of fused-ring (bicyclic) bond motifs is 1. The van der Waals surface area contributed by atoms with Crippen LogP contribution in [-0.2, 0) is 0 Å². The highest BCUT2D eigenvalue weighted by atomic mass is 14.9. The lowest BCUT2D eigenvalue weighted by atomic mass is 9.53. The average molecular weight is 235 g/mol.